The van der Waals surface area contributed by atoms with Gasteiger partial charge in [0, 0.05) is 11.6 Å². The van der Waals surface area contributed by atoms with Crippen LogP contribution in [0.3, 0.4) is 0 Å². The molecule has 2 nitrogen and oxygen atoms in total. The Bertz CT molecular complexity index is 378. The van der Waals surface area contributed by atoms with Crippen LogP contribution in [0.1, 0.15) is 58.4 Å². The van der Waals surface area contributed by atoms with Gasteiger partial charge in [0.1, 0.15) is 0 Å². The molecule has 0 aromatic carbocycles. The Balaban J connectivity index is 2.11. The van der Waals surface area contributed by atoms with Crippen LogP contribution in [0.2, 0.25) is 0 Å². The molecule has 0 radical (unpaired) electrons. The molecule has 21 heavy (non-hydrogen) atoms. The molecule has 1 heterocycles. The maximum Gasteiger partial charge on any atom is 0.0362 e. The van der Waals surface area contributed by atoms with Crippen LogP contribution in [0.25, 0.3) is 0 Å². The molecule has 1 aromatic rings. The largest absolute Gasteiger partial charge is 0.312 e. The zero-order valence-corrected chi connectivity index (χ0v) is 14.8. The molecule has 0 spiro atoms. The third-order valence-corrected chi connectivity index (χ3v) is 6.00. The summed E-state index contributed by atoms with van der Waals surface area (Å²) >= 11 is 1.82. The van der Waals surface area contributed by atoms with Crippen LogP contribution in [0, 0.1) is 0 Å². The predicted molar refractivity (Wildman–Crippen MR) is 94.2 cm³/mol. The van der Waals surface area contributed by atoms with E-state index < -0.39 is 0 Å². The summed E-state index contributed by atoms with van der Waals surface area (Å²) < 4.78 is 0. The van der Waals surface area contributed by atoms with E-state index in [-0.39, 0.29) is 0 Å². The van der Waals surface area contributed by atoms with Crippen molar-refractivity contribution in [3.63, 3.8) is 0 Å². The van der Waals surface area contributed by atoms with Gasteiger partial charge in [-0.05, 0) is 67.7 Å². The van der Waals surface area contributed by atoms with Gasteiger partial charge in [-0.15, -0.1) is 0 Å². The summed E-state index contributed by atoms with van der Waals surface area (Å²) in [4.78, 5) is 2.74. The Labute approximate surface area is 134 Å². The molecule has 2 rings (SSSR count). The van der Waals surface area contributed by atoms with Crippen molar-refractivity contribution < 1.29 is 0 Å². The number of nitrogens with one attached hydrogen (secondary N) is 1. The average Bonchev–Trinajstić information content (AvgIpc) is 3.17. The molecule has 1 unspecified atom stereocenters. The third kappa shape index (κ3) is 3.88. The lowest BCUT2D eigenvalue weighted by Crippen LogP contribution is -2.60. The maximum atomic E-state index is 3.84. The second-order valence-corrected chi connectivity index (χ2v) is 7.04. The SMILES string of the molecule is CCNC(CCc1ccsc1)C1(N(CC)CC)CCCC1. The van der Waals surface area contributed by atoms with Crippen molar-refractivity contribution in [1.82, 2.24) is 10.2 Å². The maximum absolute atomic E-state index is 3.84. The van der Waals surface area contributed by atoms with Gasteiger partial charge in [0.15, 0.2) is 0 Å². The van der Waals surface area contributed by atoms with E-state index in [4.69, 9.17) is 0 Å². The highest BCUT2D eigenvalue weighted by Crippen LogP contribution is 2.39. The molecule has 0 saturated heterocycles. The summed E-state index contributed by atoms with van der Waals surface area (Å²) in [5.41, 5.74) is 1.91. The van der Waals surface area contributed by atoms with E-state index >= 15 is 0 Å². The molecule has 1 atom stereocenters. The van der Waals surface area contributed by atoms with Crippen LogP contribution < -0.4 is 5.32 Å². The Morgan fingerprint density at radius 2 is 1.95 bits per heavy atom. The van der Waals surface area contributed by atoms with Crippen LogP contribution in [0.4, 0.5) is 0 Å². The summed E-state index contributed by atoms with van der Waals surface area (Å²) in [6.07, 6.45) is 8.02. The molecule has 1 fully saturated rings. The number of hydrogen-bond donors (Lipinski definition) is 1. The Hall–Kier alpha value is -0.380. The fourth-order valence-electron chi connectivity index (χ4n) is 4.28. The lowest BCUT2D eigenvalue weighted by molar-refractivity contribution is 0.0603. The minimum Gasteiger partial charge on any atom is -0.312 e. The van der Waals surface area contributed by atoms with E-state index in [0.29, 0.717) is 11.6 Å². The molecule has 120 valence electrons. The number of rotatable bonds is 9. The molecular weight excluding hydrogens is 276 g/mol. The zero-order chi connectivity index (χ0) is 15.1. The van der Waals surface area contributed by atoms with Crippen molar-refractivity contribution >= 4 is 11.3 Å². The number of aryl methyl sites for hydroxylation is 1. The molecule has 1 saturated carbocycles. The van der Waals surface area contributed by atoms with Gasteiger partial charge in [-0.2, -0.15) is 11.3 Å². The van der Waals surface area contributed by atoms with E-state index in [1.807, 2.05) is 11.3 Å². The van der Waals surface area contributed by atoms with Crippen molar-refractivity contribution in [2.24, 2.45) is 0 Å². The topological polar surface area (TPSA) is 15.3 Å². The lowest BCUT2D eigenvalue weighted by atomic mass is 9.82. The number of nitrogens with zero attached hydrogens (tertiary/aromatic N) is 1. The fraction of sp³-hybridized carbons (Fsp3) is 0.778. The van der Waals surface area contributed by atoms with Crippen LogP contribution in [0.15, 0.2) is 16.8 Å². The average molecular weight is 309 g/mol. The summed E-state index contributed by atoms with van der Waals surface area (Å²) in [7, 11) is 0. The Morgan fingerprint density at radius 3 is 2.48 bits per heavy atom. The van der Waals surface area contributed by atoms with E-state index in [2.05, 4.69) is 47.8 Å². The van der Waals surface area contributed by atoms with E-state index in [9.17, 15) is 0 Å². The van der Waals surface area contributed by atoms with Gasteiger partial charge in [-0.1, -0.05) is 33.6 Å². The van der Waals surface area contributed by atoms with Crippen LogP contribution in [-0.2, 0) is 6.42 Å². The van der Waals surface area contributed by atoms with Crippen molar-refractivity contribution in [3.05, 3.63) is 22.4 Å². The Morgan fingerprint density at radius 1 is 1.24 bits per heavy atom. The standard InChI is InChI=1S/C18H32N2S/c1-4-19-17(10-9-16-11-14-21-15-16)18(12-7-8-13-18)20(5-2)6-3/h11,14-15,17,19H,4-10,12-13H2,1-3H3. The quantitative estimate of drug-likeness (QED) is 0.731. The third-order valence-electron chi connectivity index (χ3n) is 5.26. The summed E-state index contributed by atoms with van der Waals surface area (Å²) in [5, 5.41) is 8.35. The molecule has 0 bridgehead atoms. The molecule has 0 aliphatic heterocycles. The van der Waals surface area contributed by atoms with Gasteiger partial charge in [0.25, 0.3) is 0 Å². The first-order valence-electron chi connectivity index (χ1n) is 8.76. The molecular formula is C18H32N2S. The number of hydrogen-bond acceptors (Lipinski definition) is 3. The molecule has 3 heteroatoms. The first-order valence-corrected chi connectivity index (χ1v) is 9.70. The van der Waals surface area contributed by atoms with Crippen LogP contribution >= 0.6 is 11.3 Å². The monoisotopic (exact) mass is 308 g/mol. The minimum atomic E-state index is 0.398. The normalized spacial score (nSPS) is 19.2. The molecule has 1 aliphatic rings. The highest BCUT2D eigenvalue weighted by molar-refractivity contribution is 7.07. The van der Waals surface area contributed by atoms with Crippen molar-refractivity contribution in [2.75, 3.05) is 19.6 Å². The number of thiophene rings is 1. The smallest absolute Gasteiger partial charge is 0.0362 e. The van der Waals surface area contributed by atoms with E-state index in [1.54, 1.807) is 0 Å². The first-order chi connectivity index (χ1) is 10.3. The predicted octanol–water partition coefficient (Wildman–Crippen LogP) is 4.31. The molecule has 1 aliphatic carbocycles. The molecule has 0 amide bonds. The minimum absolute atomic E-state index is 0.398. The fourth-order valence-corrected chi connectivity index (χ4v) is 4.98. The van der Waals surface area contributed by atoms with Crippen molar-refractivity contribution in [1.29, 1.82) is 0 Å². The van der Waals surface area contributed by atoms with E-state index in [0.717, 1.165) is 6.54 Å². The highest BCUT2D eigenvalue weighted by atomic mass is 32.1. The highest BCUT2D eigenvalue weighted by Gasteiger charge is 2.44. The second kappa shape index (κ2) is 8.30. The summed E-state index contributed by atoms with van der Waals surface area (Å²) in [5.74, 6) is 0. The van der Waals surface area contributed by atoms with Crippen LogP contribution in [-0.4, -0.2) is 36.1 Å². The van der Waals surface area contributed by atoms with Gasteiger partial charge in [-0.25, -0.2) is 0 Å². The van der Waals surface area contributed by atoms with Gasteiger partial charge < -0.3 is 5.32 Å². The summed E-state index contributed by atoms with van der Waals surface area (Å²) in [6, 6.07) is 2.91. The van der Waals surface area contributed by atoms with Gasteiger partial charge >= 0.3 is 0 Å². The molecule has 1 aromatic heterocycles. The Kier molecular flexibility index (Phi) is 6.72. The number of likely N-dealkylation sites (N-methyl/N-ethyl adjacent to an activating group) is 2. The molecule has 1 N–H and O–H groups in total. The zero-order valence-electron chi connectivity index (χ0n) is 14.0. The second-order valence-electron chi connectivity index (χ2n) is 6.26. The van der Waals surface area contributed by atoms with Crippen LogP contribution in [0.5, 0.6) is 0 Å². The first kappa shape index (κ1) is 17.0. The van der Waals surface area contributed by atoms with Crippen molar-refractivity contribution in [2.45, 2.75) is 70.9 Å². The van der Waals surface area contributed by atoms with Crippen molar-refractivity contribution in [3.8, 4) is 0 Å². The van der Waals surface area contributed by atoms with Gasteiger partial charge in [-0.3, -0.25) is 4.90 Å². The lowest BCUT2D eigenvalue weighted by Gasteiger charge is -2.47. The van der Waals surface area contributed by atoms with Gasteiger partial charge in [0.2, 0.25) is 0 Å². The van der Waals surface area contributed by atoms with E-state index in [1.165, 1.54) is 57.2 Å². The van der Waals surface area contributed by atoms with Gasteiger partial charge in [0.05, 0.1) is 0 Å². The summed E-state index contributed by atoms with van der Waals surface area (Å²) in [6.45, 7) is 10.3.